The molecule has 1 heterocycles. The third kappa shape index (κ3) is 5.14. The van der Waals surface area contributed by atoms with Gasteiger partial charge in [-0.15, -0.1) is 0 Å². The van der Waals surface area contributed by atoms with Crippen molar-refractivity contribution in [1.82, 2.24) is 4.31 Å². The Labute approximate surface area is 195 Å². The zero-order valence-electron chi connectivity index (χ0n) is 16.2. The number of hydrogen-bond donors (Lipinski definition) is 1. The van der Waals surface area contributed by atoms with Crippen LogP contribution in [0.5, 0.6) is 0 Å². The molecule has 30 heavy (non-hydrogen) atoms. The molecule has 0 radical (unpaired) electrons. The molecule has 3 rings (SSSR count). The Hall–Kier alpha value is -0.840. The Kier molecular flexibility index (Phi) is 7.41. The van der Waals surface area contributed by atoms with E-state index >= 15 is 0 Å². The second kappa shape index (κ2) is 9.34. The zero-order valence-corrected chi connectivity index (χ0v) is 20.9. The highest BCUT2D eigenvalue weighted by molar-refractivity contribution is 9.10. The van der Waals surface area contributed by atoms with Gasteiger partial charge in [0.15, 0.2) is 0 Å². The summed E-state index contributed by atoms with van der Waals surface area (Å²) in [4.78, 5) is -0.191. The molecular formula is C19H21BrCl2N2O4S2. The Bertz CT molecular complexity index is 1140. The zero-order chi connectivity index (χ0) is 22.1. The molecule has 164 valence electrons. The predicted molar refractivity (Wildman–Crippen MR) is 123 cm³/mol. The van der Waals surface area contributed by atoms with E-state index in [2.05, 4.69) is 20.7 Å². The fourth-order valence-corrected chi connectivity index (χ4v) is 8.11. The lowest BCUT2D eigenvalue weighted by Gasteiger charge is -2.21. The maximum Gasteiger partial charge on any atom is 0.264 e. The fraction of sp³-hybridized carbons (Fsp3) is 0.368. The summed E-state index contributed by atoms with van der Waals surface area (Å²) in [7, 11) is -7.88. The number of hydrogen-bond acceptors (Lipinski definition) is 4. The van der Waals surface area contributed by atoms with Crippen molar-refractivity contribution in [1.29, 1.82) is 0 Å². The van der Waals surface area contributed by atoms with Crippen molar-refractivity contribution in [2.75, 3.05) is 17.8 Å². The third-order valence-corrected chi connectivity index (χ3v) is 9.66. The van der Waals surface area contributed by atoms with Gasteiger partial charge in [-0.2, -0.15) is 4.31 Å². The lowest BCUT2D eigenvalue weighted by molar-refractivity contribution is 0.423. The van der Waals surface area contributed by atoms with E-state index in [0.717, 1.165) is 25.7 Å². The molecule has 1 N–H and O–H groups in total. The summed E-state index contributed by atoms with van der Waals surface area (Å²) in [6.07, 6.45) is 3.62. The monoisotopic (exact) mass is 554 g/mol. The normalized spacial score (nSPS) is 16.3. The summed E-state index contributed by atoms with van der Waals surface area (Å²) in [5, 5.41) is -0.0993. The van der Waals surface area contributed by atoms with Gasteiger partial charge in [-0.25, -0.2) is 16.8 Å². The van der Waals surface area contributed by atoms with Gasteiger partial charge < -0.3 is 0 Å². The molecular weight excluding hydrogens is 535 g/mol. The summed E-state index contributed by atoms with van der Waals surface area (Å²) in [5.41, 5.74) is 0.658. The highest BCUT2D eigenvalue weighted by atomic mass is 79.9. The number of benzene rings is 2. The first-order chi connectivity index (χ1) is 14.0. The smallest absolute Gasteiger partial charge is 0.264 e. The maximum atomic E-state index is 13.2. The lowest BCUT2D eigenvalue weighted by Crippen LogP contribution is -2.32. The van der Waals surface area contributed by atoms with Crippen molar-refractivity contribution in [2.24, 2.45) is 0 Å². The highest BCUT2D eigenvalue weighted by Crippen LogP contribution is 2.34. The molecule has 0 unspecified atom stereocenters. The SMILES string of the molecule is Cc1ccc(NS(=O)(=O)c2c(Cl)cc(Br)cc2Cl)cc1S(=O)(=O)N1CCCCCC1. The van der Waals surface area contributed by atoms with Crippen molar-refractivity contribution in [3.8, 4) is 0 Å². The molecule has 0 atom stereocenters. The minimum Gasteiger partial charge on any atom is -0.279 e. The molecule has 6 nitrogen and oxygen atoms in total. The van der Waals surface area contributed by atoms with Gasteiger partial charge in [0.2, 0.25) is 10.0 Å². The van der Waals surface area contributed by atoms with E-state index < -0.39 is 20.0 Å². The van der Waals surface area contributed by atoms with Crippen LogP contribution in [-0.2, 0) is 20.0 Å². The van der Waals surface area contributed by atoms with Gasteiger partial charge in [0.05, 0.1) is 20.6 Å². The molecule has 0 aromatic heterocycles. The van der Waals surface area contributed by atoms with E-state index in [9.17, 15) is 16.8 Å². The van der Waals surface area contributed by atoms with Gasteiger partial charge in [-0.3, -0.25) is 4.72 Å². The molecule has 11 heteroatoms. The van der Waals surface area contributed by atoms with Crippen molar-refractivity contribution < 1.29 is 16.8 Å². The van der Waals surface area contributed by atoms with E-state index in [1.165, 1.54) is 28.6 Å². The molecule has 0 amide bonds. The first-order valence-electron chi connectivity index (χ1n) is 9.30. The number of halogens is 3. The highest BCUT2D eigenvalue weighted by Gasteiger charge is 2.28. The molecule has 0 aliphatic carbocycles. The summed E-state index contributed by atoms with van der Waals surface area (Å²) in [5.74, 6) is 0. The molecule has 1 fully saturated rings. The first kappa shape index (κ1) is 23.8. The van der Waals surface area contributed by atoms with E-state index in [4.69, 9.17) is 23.2 Å². The lowest BCUT2D eigenvalue weighted by atomic mass is 10.2. The van der Waals surface area contributed by atoms with Crippen LogP contribution in [0.2, 0.25) is 10.0 Å². The van der Waals surface area contributed by atoms with Gasteiger partial charge in [0.25, 0.3) is 10.0 Å². The standard InChI is InChI=1S/C19H21BrCl2N2O4S2/c1-13-6-7-15(12-18(13)30(27,28)24-8-4-2-3-5-9-24)23-29(25,26)19-16(21)10-14(20)11-17(19)22/h6-7,10-12,23H,2-5,8-9H2,1H3. The molecule has 2 aromatic rings. The summed E-state index contributed by atoms with van der Waals surface area (Å²) >= 11 is 15.4. The van der Waals surface area contributed by atoms with Crippen LogP contribution in [0.3, 0.4) is 0 Å². The number of anilines is 1. The second-order valence-corrected chi connectivity index (χ2v) is 12.4. The van der Waals surface area contributed by atoms with Gasteiger partial charge in [-0.1, -0.05) is 58.0 Å². The van der Waals surface area contributed by atoms with Crippen LogP contribution in [0, 0.1) is 6.92 Å². The molecule has 0 saturated carbocycles. The number of nitrogens with one attached hydrogen (secondary N) is 1. The van der Waals surface area contributed by atoms with Crippen LogP contribution >= 0.6 is 39.1 Å². The topological polar surface area (TPSA) is 83.5 Å². The maximum absolute atomic E-state index is 13.2. The van der Waals surface area contributed by atoms with E-state index in [0.29, 0.717) is 23.1 Å². The van der Waals surface area contributed by atoms with Crippen LogP contribution in [0.15, 0.2) is 44.6 Å². The van der Waals surface area contributed by atoms with Gasteiger partial charge in [0.1, 0.15) is 4.90 Å². The van der Waals surface area contributed by atoms with Crippen molar-refractivity contribution in [3.05, 3.63) is 50.4 Å². The molecule has 0 spiro atoms. The largest absolute Gasteiger partial charge is 0.279 e. The molecule has 1 aliphatic heterocycles. The number of rotatable bonds is 5. The summed E-state index contributed by atoms with van der Waals surface area (Å²) in [6.45, 7) is 2.61. The Balaban J connectivity index is 1.98. The fourth-order valence-electron chi connectivity index (χ4n) is 3.35. The Morgan fingerprint density at radius 3 is 2.07 bits per heavy atom. The quantitative estimate of drug-likeness (QED) is 0.533. The van der Waals surface area contributed by atoms with E-state index in [-0.39, 0.29) is 25.5 Å². The van der Waals surface area contributed by atoms with E-state index in [1.807, 2.05) is 0 Å². The van der Waals surface area contributed by atoms with E-state index in [1.54, 1.807) is 13.0 Å². The predicted octanol–water partition coefficient (Wildman–Crippen LogP) is 5.43. The minimum atomic E-state index is -4.14. The van der Waals surface area contributed by atoms with Crippen LogP contribution in [0.4, 0.5) is 5.69 Å². The number of nitrogens with zero attached hydrogens (tertiary/aromatic N) is 1. The summed E-state index contributed by atoms with van der Waals surface area (Å²) in [6, 6.07) is 7.27. The first-order valence-corrected chi connectivity index (χ1v) is 13.8. The van der Waals surface area contributed by atoms with Gasteiger partial charge in [-0.05, 0) is 49.6 Å². The van der Waals surface area contributed by atoms with Crippen molar-refractivity contribution in [2.45, 2.75) is 42.4 Å². The minimum absolute atomic E-state index is 0.0496. The van der Waals surface area contributed by atoms with Crippen LogP contribution in [0.1, 0.15) is 31.2 Å². The van der Waals surface area contributed by atoms with Gasteiger partial charge >= 0.3 is 0 Å². The number of aryl methyl sites for hydroxylation is 1. The molecule has 1 saturated heterocycles. The molecule has 0 bridgehead atoms. The number of sulfonamides is 2. The average molecular weight is 556 g/mol. The Morgan fingerprint density at radius 1 is 0.933 bits per heavy atom. The Morgan fingerprint density at radius 2 is 1.50 bits per heavy atom. The van der Waals surface area contributed by atoms with Gasteiger partial charge in [0, 0.05) is 17.6 Å². The second-order valence-electron chi connectivity index (χ2n) is 7.10. The average Bonchev–Trinajstić information content (AvgIpc) is 2.91. The molecule has 1 aliphatic rings. The summed E-state index contributed by atoms with van der Waals surface area (Å²) < 4.78 is 56.6. The third-order valence-electron chi connectivity index (χ3n) is 4.85. The van der Waals surface area contributed by atoms with Crippen LogP contribution in [0.25, 0.3) is 0 Å². The van der Waals surface area contributed by atoms with Crippen LogP contribution in [-0.4, -0.2) is 34.2 Å². The van der Waals surface area contributed by atoms with Crippen molar-refractivity contribution in [3.63, 3.8) is 0 Å². The molecule has 2 aromatic carbocycles. The van der Waals surface area contributed by atoms with Crippen LogP contribution < -0.4 is 4.72 Å². The van der Waals surface area contributed by atoms with Crippen molar-refractivity contribution >= 4 is 64.9 Å².